The highest BCUT2D eigenvalue weighted by atomic mass is 32.2. The molecule has 0 aliphatic carbocycles. The van der Waals surface area contributed by atoms with Gasteiger partial charge >= 0.3 is 0 Å². The van der Waals surface area contributed by atoms with Gasteiger partial charge in [0.2, 0.25) is 0 Å². The number of nitrogens with one attached hydrogen (secondary N) is 1. The number of nitrogens with zero attached hydrogens (tertiary/aromatic N) is 1. The second-order valence-electron chi connectivity index (χ2n) is 4.40. The van der Waals surface area contributed by atoms with Crippen LogP contribution in [0.1, 0.15) is 11.1 Å². The Morgan fingerprint density at radius 3 is 2.67 bits per heavy atom. The second-order valence-corrected chi connectivity index (χ2v) is 6.06. The number of hydrogen-bond acceptors (Lipinski definition) is 4. The first kappa shape index (κ1) is 14.8. The van der Waals surface area contributed by atoms with Gasteiger partial charge in [0.15, 0.2) is 0 Å². The first-order chi connectivity index (χ1) is 9.85. The van der Waals surface area contributed by atoms with Gasteiger partial charge in [-0.3, -0.25) is 4.72 Å². The molecule has 0 fully saturated rings. The second kappa shape index (κ2) is 5.42. The summed E-state index contributed by atoms with van der Waals surface area (Å²) < 4.78 is 40.4. The van der Waals surface area contributed by atoms with E-state index in [1.54, 1.807) is 19.1 Å². The molecule has 0 saturated heterocycles. The molecule has 0 aliphatic heterocycles. The van der Waals surface area contributed by atoms with Crippen molar-refractivity contribution in [1.82, 2.24) is 0 Å². The van der Waals surface area contributed by atoms with Crippen LogP contribution in [0.3, 0.4) is 0 Å². The van der Waals surface area contributed by atoms with Gasteiger partial charge in [0, 0.05) is 5.69 Å². The molecule has 0 unspecified atom stereocenters. The van der Waals surface area contributed by atoms with Crippen LogP contribution in [0.5, 0.6) is 0 Å². The minimum absolute atomic E-state index is 0.0966. The summed E-state index contributed by atoms with van der Waals surface area (Å²) in [5, 5.41) is 9.09. The highest BCUT2D eigenvalue weighted by molar-refractivity contribution is 7.92. The fraction of sp³-hybridized carbons (Fsp3) is 0.0714. The topological polar surface area (TPSA) is 96.0 Å². The van der Waals surface area contributed by atoms with Gasteiger partial charge < -0.3 is 5.73 Å². The molecule has 0 atom stereocenters. The molecule has 21 heavy (non-hydrogen) atoms. The lowest BCUT2D eigenvalue weighted by atomic mass is 10.1. The van der Waals surface area contributed by atoms with Crippen molar-refractivity contribution in [3.05, 3.63) is 53.3 Å². The molecule has 0 radical (unpaired) electrons. The van der Waals surface area contributed by atoms with Crippen molar-refractivity contribution >= 4 is 21.4 Å². The van der Waals surface area contributed by atoms with Gasteiger partial charge in [-0.05, 0) is 36.8 Å². The van der Waals surface area contributed by atoms with Crippen LogP contribution in [-0.2, 0) is 10.0 Å². The first-order valence-corrected chi connectivity index (χ1v) is 7.41. The zero-order chi connectivity index (χ0) is 15.6. The Kier molecular flexibility index (Phi) is 3.82. The molecule has 0 amide bonds. The van der Waals surface area contributed by atoms with Crippen LogP contribution in [0.4, 0.5) is 15.8 Å². The molecule has 5 nitrogen and oxygen atoms in total. The fourth-order valence-corrected chi connectivity index (χ4v) is 3.01. The predicted molar refractivity (Wildman–Crippen MR) is 77.5 cm³/mol. The van der Waals surface area contributed by atoms with Crippen molar-refractivity contribution in [3.8, 4) is 6.07 Å². The van der Waals surface area contributed by atoms with Gasteiger partial charge in [0.05, 0.1) is 11.3 Å². The first-order valence-electron chi connectivity index (χ1n) is 5.92. The Hall–Kier alpha value is -2.59. The number of nitrogen functional groups attached to an aromatic ring is 1. The van der Waals surface area contributed by atoms with Gasteiger partial charge in [-0.15, -0.1) is 0 Å². The molecular formula is C14H12FN3O2S. The molecule has 0 aliphatic rings. The summed E-state index contributed by atoms with van der Waals surface area (Å²) in [7, 11) is -4.17. The number of nitrogens with two attached hydrogens (primary N) is 1. The van der Waals surface area contributed by atoms with Gasteiger partial charge in [0.1, 0.15) is 16.8 Å². The summed E-state index contributed by atoms with van der Waals surface area (Å²) in [6, 6.07) is 9.91. The Morgan fingerprint density at radius 2 is 2.00 bits per heavy atom. The van der Waals surface area contributed by atoms with Crippen LogP contribution in [0.2, 0.25) is 0 Å². The van der Waals surface area contributed by atoms with Crippen LogP contribution in [0, 0.1) is 24.1 Å². The number of hydrogen-bond donors (Lipinski definition) is 2. The minimum Gasteiger partial charge on any atom is -0.399 e. The minimum atomic E-state index is -4.17. The molecule has 0 bridgehead atoms. The summed E-state index contributed by atoms with van der Waals surface area (Å²) >= 11 is 0. The molecule has 2 aromatic carbocycles. The molecule has 2 aromatic rings. The Labute approximate surface area is 121 Å². The molecule has 2 rings (SSSR count). The van der Waals surface area contributed by atoms with Crippen LogP contribution in [0.25, 0.3) is 0 Å². The van der Waals surface area contributed by atoms with E-state index < -0.39 is 20.7 Å². The monoisotopic (exact) mass is 305 g/mol. The van der Waals surface area contributed by atoms with E-state index in [1.807, 2.05) is 6.07 Å². The van der Waals surface area contributed by atoms with Gasteiger partial charge in [-0.1, -0.05) is 12.1 Å². The molecular weight excluding hydrogens is 293 g/mol. The quantitative estimate of drug-likeness (QED) is 0.851. The number of anilines is 2. The standard InChI is InChI=1S/C14H12FN3O2S/c1-9-3-2-4-13(11(9)8-16)18-21(19,20)14-7-10(17)5-6-12(14)15/h2-7,18H,17H2,1H3. The maximum atomic E-state index is 13.7. The number of nitriles is 1. The lowest BCUT2D eigenvalue weighted by molar-refractivity contribution is 0.570. The van der Waals surface area contributed by atoms with Crippen molar-refractivity contribution < 1.29 is 12.8 Å². The Balaban J connectivity index is 2.51. The van der Waals surface area contributed by atoms with E-state index in [0.717, 1.165) is 12.1 Å². The lowest BCUT2D eigenvalue weighted by Crippen LogP contribution is -2.16. The molecule has 3 N–H and O–H groups in total. The third kappa shape index (κ3) is 2.95. The number of aryl methyl sites for hydroxylation is 1. The van der Waals surface area contributed by atoms with E-state index in [9.17, 15) is 12.8 Å². The van der Waals surface area contributed by atoms with Crippen LogP contribution in [0.15, 0.2) is 41.3 Å². The zero-order valence-corrected chi connectivity index (χ0v) is 11.9. The van der Waals surface area contributed by atoms with Crippen molar-refractivity contribution in [1.29, 1.82) is 5.26 Å². The van der Waals surface area contributed by atoms with E-state index in [2.05, 4.69) is 4.72 Å². The van der Waals surface area contributed by atoms with E-state index in [0.29, 0.717) is 5.56 Å². The highest BCUT2D eigenvalue weighted by Crippen LogP contribution is 2.24. The van der Waals surface area contributed by atoms with Gasteiger partial charge in [-0.2, -0.15) is 5.26 Å². The largest absolute Gasteiger partial charge is 0.399 e. The summed E-state index contributed by atoms with van der Waals surface area (Å²) in [5.74, 6) is -0.914. The summed E-state index contributed by atoms with van der Waals surface area (Å²) in [6.07, 6.45) is 0. The van der Waals surface area contributed by atoms with E-state index in [-0.39, 0.29) is 16.9 Å². The average Bonchev–Trinajstić information content (AvgIpc) is 2.41. The van der Waals surface area contributed by atoms with Crippen LogP contribution >= 0.6 is 0 Å². The van der Waals surface area contributed by atoms with Crippen molar-refractivity contribution in [2.45, 2.75) is 11.8 Å². The smallest absolute Gasteiger partial charge is 0.264 e. The predicted octanol–water partition coefficient (Wildman–Crippen LogP) is 2.39. The number of benzene rings is 2. The molecule has 0 heterocycles. The molecule has 0 spiro atoms. The van der Waals surface area contributed by atoms with E-state index in [4.69, 9.17) is 11.0 Å². The summed E-state index contributed by atoms with van der Waals surface area (Å²) in [4.78, 5) is -0.562. The lowest BCUT2D eigenvalue weighted by Gasteiger charge is -2.11. The maximum Gasteiger partial charge on any atom is 0.264 e. The Bertz CT molecular complexity index is 842. The van der Waals surface area contributed by atoms with E-state index >= 15 is 0 Å². The van der Waals surface area contributed by atoms with Crippen molar-refractivity contribution in [2.24, 2.45) is 0 Å². The number of rotatable bonds is 3. The van der Waals surface area contributed by atoms with E-state index in [1.165, 1.54) is 12.1 Å². The van der Waals surface area contributed by atoms with Crippen LogP contribution in [-0.4, -0.2) is 8.42 Å². The molecule has 108 valence electrons. The number of sulfonamides is 1. The zero-order valence-electron chi connectivity index (χ0n) is 11.1. The van der Waals surface area contributed by atoms with Crippen LogP contribution < -0.4 is 10.5 Å². The molecule has 7 heteroatoms. The SMILES string of the molecule is Cc1cccc(NS(=O)(=O)c2cc(N)ccc2F)c1C#N. The Morgan fingerprint density at radius 1 is 1.29 bits per heavy atom. The fourth-order valence-electron chi connectivity index (χ4n) is 1.83. The molecule has 0 saturated carbocycles. The summed E-state index contributed by atoms with van der Waals surface area (Å²) in [5.41, 5.74) is 6.51. The third-order valence-electron chi connectivity index (χ3n) is 2.87. The van der Waals surface area contributed by atoms with Crippen molar-refractivity contribution in [3.63, 3.8) is 0 Å². The van der Waals surface area contributed by atoms with Gasteiger partial charge in [-0.25, -0.2) is 12.8 Å². The van der Waals surface area contributed by atoms with Gasteiger partial charge in [0.25, 0.3) is 10.0 Å². The maximum absolute atomic E-state index is 13.7. The normalized spacial score (nSPS) is 10.9. The molecule has 0 aromatic heterocycles. The third-order valence-corrected chi connectivity index (χ3v) is 4.25. The highest BCUT2D eigenvalue weighted by Gasteiger charge is 2.21. The number of halogens is 1. The average molecular weight is 305 g/mol. The van der Waals surface area contributed by atoms with Crippen molar-refractivity contribution in [2.75, 3.05) is 10.5 Å². The summed E-state index contributed by atoms with van der Waals surface area (Å²) in [6.45, 7) is 1.68.